The first-order valence-electron chi connectivity index (χ1n) is 9.97. The molecular formula is C22H21FN6O3S. The lowest BCUT2D eigenvalue weighted by Gasteiger charge is -2.12. The quantitative estimate of drug-likeness (QED) is 0.382. The minimum absolute atomic E-state index is 0.0204. The van der Waals surface area contributed by atoms with Gasteiger partial charge in [0.05, 0.1) is 11.4 Å². The molecule has 4 aromatic rings. The number of urea groups is 1. The first kappa shape index (κ1) is 22.3. The molecule has 170 valence electrons. The summed E-state index contributed by atoms with van der Waals surface area (Å²) in [6.45, 7) is 7.76. The molecule has 0 radical (unpaired) electrons. The third-order valence-electron chi connectivity index (χ3n) is 4.43. The van der Waals surface area contributed by atoms with E-state index >= 15 is 0 Å². The number of hydrogen-bond acceptors (Lipinski definition) is 8. The molecular weight excluding hydrogens is 447 g/mol. The fourth-order valence-corrected chi connectivity index (χ4v) is 3.23. The van der Waals surface area contributed by atoms with Gasteiger partial charge in [-0.15, -0.1) is 0 Å². The van der Waals surface area contributed by atoms with Crippen LogP contribution in [-0.2, 0) is 5.41 Å². The van der Waals surface area contributed by atoms with Crippen molar-refractivity contribution >= 4 is 29.1 Å². The Hall–Kier alpha value is -3.86. The zero-order valence-corrected chi connectivity index (χ0v) is 19.2. The number of pyridine rings is 1. The fourth-order valence-electron chi connectivity index (χ4n) is 2.75. The van der Waals surface area contributed by atoms with Crippen LogP contribution in [0.3, 0.4) is 0 Å². The number of hydrogen-bond donors (Lipinski definition) is 2. The molecule has 0 bridgehead atoms. The minimum Gasteiger partial charge on any atom is -0.457 e. The van der Waals surface area contributed by atoms with E-state index in [1.165, 1.54) is 29.7 Å². The van der Waals surface area contributed by atoms with Gasteiger partial charge in [-0.2, -0.15) is 4.37 Å². The number of aromatic nitrogens is 4. The number of carbonyl (C=O) groups is 1. The molecule has 0 fully saturated rings. The molecule has 4 rings (SSSR count). The van der Waals surface area contributed by atoms with Crippen molar-refractivity contribution in [2.75, 3.05) is 10.6 Å². The predicted molar refractivity (Wildman–Crippen MR) is 122 cm³/mol. The second-order valence-electron chi connectivity index (χ2n) is 8.16. The largest absolute Gasteiger partial charge is 0.457 e. The maximum atomic E-state index is 14.6. The number of halogens is 1. The van der Waals surface area contributed by atoms with Crippen LogP contribution >= 0.6 is 11.5 Å². The van der Waals surface area contributed by atoms with Crippen molar-refractivity contribution in [2.24, 2.45) is 0 Å². The van der Waals surface area contributed by atoms with Crippen molar-refractivity contribution in [3.63, 3.8) is 0 Å². The van der Waals surface area contributed by atoms with Gasteiger partial charge in [0.1, 0.15) is 28.0 Å². The lowest BCUT2D eigenvalue weighted by molar-refractivity contribution is 0.261. The number of ether oxygens (including phenoxy) is 1. The van der Waals surface area contributed by atoms with Crippen LogP contribution in [-0.4, -0.2) is 25.5 Å². The predicted octanol–water partition coefficient (Wildman–Crippen LogP) is 5.77. The van der Waals surface area contributed by atoms with Crippen molar-refractivity contribution < 1.29 is 18.4 Å². The van der Waals surface area contributed by atoms with Crippen LogP contribution in [0.15, 0.2) is 47.1 Å². The molecule has 0 unspecified atom stereocenters. The van der Waals surface area contributed by atoms with Crippen LogP contribution in [0.1, 0.15) is 31.5 Å². The summed E-state index contributed by atoms with van der Waals surface area (Å²) in [7, 11) is 0. The highest BCUT2D eigenvalue weighted by atomic mass is 32.1. The van der Waals surface area contributed by atoms with Crippen LogP contribution in [0.2, 0.25) is 0 Å². The standard InChI is InChI=1S/C22H21FN6O3S/c1-12-25-20(29-33-12)17-10-14(7-8-24-17)31-13-5-6-16(15(23)9-13)26-21(30)27-19-11-18(28-32-19)22(2,3)4/h5-11H,1-4H3,(H2,26,27,30). The van der Waals surface area contributed by atoms with Crippen molar-refractivity contribution in [1.82, 2.24) is 19.5 Å². The van der Waals surface area contributed by atoms with E-state index in [0.717, 1.165) is 5.01 Å². The molecule has 2 N–H and O–H groups in total. The highest BCUT2D eigenvalue weighted by Gasteiger charge is 2.20. The van der Waals surface area contributed by atoms with E-state index in [1.54, 1.807) is 24.4 Å². The number of amides is 2. The second kappa shape index (κ2) is 8.94. The molecule has 0 saturated carbocycles. The monoisotopic (exact) mass is 468 g/mol. The molecule has 0 aliphatic heterocycles. The fraction of sp³-hybridized carbons (Fsp3) is 0.227. The zero-order chi connectivity index (χ0) is 23.6. The van der Waals surface area contributed by atoms with Gasteiger partial charge in [-0.05, 0) is 36.7 Å². The molecule has 0 atom stereocenters. The number of benzene rings is 1. The third-order valence-corrected chi connectivity index (χ3v) is 5.05. The van der Waals surface area contributed by atoms with Gasteiger partial charge in [-0.3, -0.25) is 10.3 Å². The second-order valence-corrected chi connectivity index (χ2v) is 9.12. The van der Waals surface area contributed by atoms with E-state index in [1.807, 2.05) is 27.7 Å². The molecule has 3 aromatic heterocycles. The van der Waals surface area contributed by atoms with Crippen LogP contribution in [0, 0.1) is 12.7 Å². The Morgan fingerprint density at radius 3 is 2.58 bits per heavy atom. The third kappa shape index (κ3) is 5.50. The Kier molecular flexibility index (Phi) is 6.05. The Bertz CT molecular complexity index is 1300. The van der Waals surface area contributed by atoms with Gasteiger partial charge in [0, 0.05) is 29.8 Å². The molecule has 9 nitrogen and oxygen atoms in total. The van der Waals surface area contributed by atoms with E-state index in [2.05, 4.69) is 30.1 Å². The summed E-state index contributed by atoms with van der Waals surface area (Å²) >= 11 is 1.28. The van der Waals surface area contributed by atoms with Gasteiger partial charge in [0.2, 0.25) is 5.88 Å². The normalized spacial score (nSPS) is 11.3. The van der Waals surface area contributed by atoms with Crippen molar-refractivity contribution in [2.45, 2.75) is 33.1 Å². The van der Waals surface area contributed by atoms with Gasteiger partial charge in [0.25, 0.3) is 0 Å². The average molecular weight is 469 g/mol. The maximum absolute atomic E-state index is 14.6. The molecule has 1 aromatic carbocycles. The molecule has 3 heterocycles. The zero-order valence-electron chi connectivity index (χ0n) is 18.3. The molecule has 33 heavy (non-hydrogen) atoms. The minimum atomic E-state index is -0.665. The van der Waals surface area contributed by atoms with Crippen molar-refractivity contribution in [1.29, 1.82) is 0 Å². The number of carbonyl (C=O) groups excluding carboxylic acids is 1. The number of anilines is 2. The molecule has 0 aliphatic rings. The number of aryl methyl sites for hydroxylation is 1. The Balaban J connectivity index is 1.41. The lowest BCUT2D eigenvalue weighted by Crippen LogP contribution is -2.19. The highest BCUT2D eigenvalue weighted by molar-refractivity contribution is 7.05. The van der Waals surface area contributed by atoms with Gasteiger partial charge in [-0.25, -0.2) is 14.2 Å². The molecule has 0 saturated heterocycles. The van der Waals surface area contributed by atoms with Gasteiger partial charge < -0.3 is 14.6 Å². The van der Waals surface area contributed by atoms with E-state index < -0.39 is 11.8 Å². The Morgan fingerprint density at radius 2 is 1.91 bits per heavy atom. The van der Waals surface area contributed by atoms with Crippen molar-refractivity contribution in [3.8, 4) is 23.0 Å². The molecule has 0 spiro atoms. The van der Waals surface area contributed by atoms with E-state index in [9.17, 15) is 9.18 Å². The summed E-state index contributed by atoms with van der Waals surface area (Å²) in [5.74, 6) is 0.701. The molecule has 11 heteroatoms. The number of nitrogens with one attached hydrogen (secondary N) is 2. The SMILES string of the molecule is Cc1nc(-c2cc(Oc3ccc(NC(=O)Nc4cc(C(C)(C)C)no4)c(F)c3)ccn2)ns1. The van der Waals surface area contributed by atoms with E-state index in [0.29, 0.717) is 23.0 Å². The van der Waals surface area contributed by atoms with Gasteiger partial charge >= 0.3 is 6.03 Å². The van der Waals surface area contributed by atoms with Crippen molar-refractivity contribution in [3.05, 3.63) is 59.1 Å². The highest BCUT2D eigenvalue weighted by Crippen LogP contribution is 2.28. The van der Waals surface area contributed by atoms with Gasteiger partial charge in [0.15, 0.2) is 5.82 Å². The summed E-state index contributed by atoms with van der Waals surface area (Å²) in [6.07, 6.45) is 1.56. The van der Waals surface area contributed by atoms with Crippen LogP contribution < -0.4 is 15.4 Å². The number of nitrogens with zero attached hydrogens (tertiary/aromatic N) is 4. The van der Waals surface area contributed by atoms with E-state index in [4.69, 9.17) is 9.26 Å². The number of rotatable bonds is 5. The van der Waals surface area contributed by atoms with E-state index in [-0.39, 0.29) is 22.7 Å². The first-order chi connectivity index (χ1) is 15.7. The van der Waals surface area contributed by atoms with Crippen LogP contribution in [0.5, 0.6) is 11.5 Å². The summed E-state index contributed by atoms with van der Waals surface area (Å²) in [4.78, 5) is 20.8. The van der Waals surface area contributed by atoms with Gasteiger partial charge in [-0.1, -0.05) is 25.9 Å². The van der Waals surface area contributed by atoms with Crippen LogP contribution in [0.4, 0.5) is 20.8 Å². The summed E-state index contributed by atoms with van der Waals surface area (Å²) < 4.78 is 29.6. The summed E-state index contributed by atoms with van der Waals surface area (Å²) in [6, 6.07) is 8.38. The Morgan fingerprint density at radius 1 is 1.12 bits per heavy atom. The Labute approximate surface area is 193 Å². The maximum Gasteiger partial charge on any atom is 0.326 e. The summed E-state index contributed by atoms with van der Waals surface area (Å²) in [5.41, 5.74) is 0.986. The first-order valence-corrected chi connectivity index (χ1v) is 10.7. The molecule has 0 aliphatic carbocycles. The average Bonchev–Trinajstić information content (AvgIpc) is 3.39. The summed E-state index contributed by atoms with van der Waals surface area (Å²) in [5, 5.41) is 9.68. The molecule has 2 amide bonds. The smallest absolute Gasteiger partial charge is 0.326 e. The van der Waals surface area contributed by atoms with Crippen LogP contribution in [0.25, 0.3) is 11.5 Å². The topological polar surface area (TPSA) is 115 Å². The lowest BCUT2D eigenvalue weighted by atomic mass is 9.92.